The summed E-state index contributed by atoms with van der Waals surface area (Å²) in [6, 6.07) is 10.00. The fourth-order valence-corrected chi connectivity index (χ4v) is 2.64. The van der Waals surface area contributed by atoms with Gasteiger partial charge in [0.1, 0.15) is 0 Å². The maximum atomic E-state index is 12.5. The average Bonchev–Trinajstić information content (AvgIpc) is 2.41. The summed E-state index contributed by atoms with van der Waals surface area (Å²) in [5.74, 6) is -0.902. The van der Waals surface area contributed by atoms with Crippen molar-refractivity contribution in [2.45, 2.75) is 39.5 Å². The second kappa shape index (κ2) is 5.88. The van der Waals surface area contributed by atoms with Crippen LogP contribution >= 0.6 is 0 Å². The fraction of sp³-hybridized carbons (Fsp3) is 0.529. The van der Waals surface area contributed by atoms with Crippen LogP contribution in [0.3, 0.4) is 0 Å². The Bertz CT molecular complexity index is 518. The van der Waals surface area contributed by atoms with E-state index in [2.05, 4.69) is 5.32 Å². The molecular weight excluding hydrogens is 266 g/mol. The molecule has 0 bridgehead atoms. The Morgan fingerprint density at radius 3 is 2.33 bits per heavy atom. The Hall–Kier alpha value is -1.84. The molecule has 1 aromatic rings. The van der Waals surface area contributed by atoms with Gasteiger partial charge in [-0.1, -0.05) is 36.8 Å². The molecule has 21 heavy (non-hydrogen) atoms. The van der Waals surface area contributed by atoms with Crippen LogP contribution in [-0.2, 0) is 16.0 Å². The van der Waals surface area contributed by atoms with E-state index in [1.807, 2.05) is 30.3 Å². The predicted octanol–water partition coefficient (Wildman–Crippen LogP) is 2.63. The van der Waals surface area contributed by atoms with Gasteiger partial charge in [0.2, 0.25) is 5.91 Å². The Labute approximate surface area is 125 Å². The molecule has 0 aliphatic heterocycles. The first-order valence-corrected chi connectivity index (χ1v) is 7.41. The van der Waals surface area contributed by atoms with Gasteiger partial charge in [0.15, 0.2) is 0 Å². The molecule has 0 atom stereocenters. The molecule has 1 aliphatic carbocycles. The smallest absolute Gasteiger partial charge is 0.310 e. The van der Waals surface area contributed by atoms with Gasteiger partial charge >= 0.3 is 5.97 Å². The van der Waals surface area contributed by atoms with Crippen molar-refractivity contribution >= 4 is 11.9 Å². The lowest BCUT2D eigenvalue weighted by molar-refractivity contribution is -0.147. The molecule has 2 rings (SSSR count). The number of carboxylic acid groups (broad SMARTS) is 1. The maximum Gasteiger partial charge on any atom is 0.310 e. The molecule has 0 radical (unpaired) electrons. The first-order valence-electron chi connectivity index (χ1n) is 7.41. The van der Waals surface area contributed by atoms with E-state index in [1.54, 1.807) is 13.8 Å². The minimum Gasteiger partial charge on any atom is -0.481 e. The third kappa shape index (κ3) is 3.43. The van der Waals surface area contributed by atoms with Crippen molar-refractivity contribution in [1.82, 2.24) is 5.32 Å². The molecule has 4 nitrogen and oxygen atoms in total. The van der Waals surface area contributed by atoms with Crippen LogP contribution in [0.15, 0.2) is 30.3 Å². The molecule has 0 aromatic heterocycles. The van der Waals surface area contributed by atoms with E-state index in [-0.39, 0.29) is 17.9 Å². The third-order valence-electron chi connectivity index (χ3n) is 4.45. The largest absolute Gasteiger partial charge is 0.481 e. The van der Waals surface area contributed by atoms with E-state index in [0.29, 0.717) is 0 Å². The minimum atomic E-state index is -0.937. The topological polar surface area (TPSA) is 66.4 Å². The molecule has 4 heteroatoms. The first kappa shape index (κ1) is 15.5. The highest BCUT2D eigenvalue weighted by atomic mass is 16.4. The summed E-state index contributed by atoms with van der Waals surface area (Å²) in [4.78, 5) is 23.6. The average molecular weight is 289 g/mol. The lowest BCUT2D eigenvalue weighted by Gasteiger charge is -2.41. The molecule has 2 N–H and O–H groups in total. The summed E-state index contributed by atoms with van der Waals surface area (Å²) in [7, 11) is 0. The Morgan fingerprint density at radius 2 is 1.86 bits per heavy atom. The van der Waals surface area contributed by atoms with Gasteiger partial charge in [-0.25, -0.2) is 0 Å². The minimum absolute atomic E-state index is 0.00747. The van der Waals surface area contributed by atoms with E-state index in [1.165, 1.54) is 0 Å². The Morgan fingerprint density at radius 1 is 1.24 bits per heavy atom. The second-order valence-corrected chi connectivity index (χ2v) is 6.67. The predicted molar refractivity (Wildman–Crippen MR) is 80.9 cm³/mol. The SMILES string of the molecule is CC(C)(CNC(=O)C1(Cc2ccccc2)CCC1)C(=O)O. The monoisotopic (exact) mass is 289 g/mol. The number of hydrogen-bond donors (Lipinski definition) is 2. The summed E-state index contributed by atoms with van der Waals surface area (Å²) in [5, 5.41) is 12.0. The van der Waals surface area contributed by atoms with E-state index < -0.39 is 11.4 Å². The summed E-state index contributed by atoms with van der Waals surface area (Å²) >= 11 is 0. The van der Waals surface area contributed by atoms with Crippen LogP contribution in [0.5, 0.6) is 0 Å². The highest BCUT2D eigenvalue weighted by Crippen LogP contribution is 2.44. The van der Waals surface area contributed by atoms with Gasteiger partial charge in [-0.2, -0.15) is 0 Å². The summed E-state index contributed by atoms with van der Waals surface area (Å²) < 4.78 is 0. The quantitative estimate of drug-likeness (QED) is 0.846. The summed E-state index contributed by atoms with van der Waals surface area (Å²) in [6.45, 7) is 3.41. The van der Waals surface area contributed by atoms with Crippen LogP contribution in [0.4, 0.5) is 0 Å². The number of carbonyl (C=O) groups excluding carboxylic acids is 1. The second-order valence-electron chi connectivity index (χ2n) is 6.67. The lowest BCUT2D eigenvalue weighted by Crippen LogP contribution is -2.50. The standard InChI is InChI=1S/C17H23NO3/c1-16(2,15(20)21)12-18-14(19)17(9-6-10-17)11-13-7-4-3-5-8-13/h3-5,7-8H,6,9-12H2,1-2H3,(H,18,19)(H,20,21). The van der Waals surface area contributed by atoms with Crippen LogP contribution < -0.4 is 5.32 Å². The number of benzene rings is 1. The molecule has 0 saturated heterocycles. The first-order chi connectivity index (χ1) is 9.86. The number of nitrogens with one attached hydrogen (secondary N) is 1. The number of amides is 1. The van der Waals surface area contributed by atoms with Crippen molar-refractivity contribution in [2.24, 2.45) is 10.8 Å². The lowest BCUT2D eigenvalue weighted by atomic mass is 9.64. The van der Waals surface area contributed by atoms with Gasteiger partial charge in [0, 0.05) is 6.54 Å². The summed E-state index contributed by atoms with van der Waals surface area (Å²) in [6.07, 6.45) is 3.54. The zero-order valence-electron chi connectivity index (χ0n) is 12.7. The Balaban J connectivity index is 2.00. The van der Waals surface area contributed by atoms with Crippen LogP contribution in [0.1, 0.15) is 38.7 Å². The third-order valence-corrected chi connectivity index (χ3v) is 4.45. The van der Waals surface area contributed by atoms with Crippen molar-refractivity contribution in [3.63, 3.8) is 0 Å². The van der Waals surface area contributed by atoms with Gasteiger partial charge in [-0.3, -0.25) is 9.59 Å². The van der Waals surface area contributed by atoms with Crippen molar-refractivity contribution in [3.8, 4) is 0 Å². The van der Waals surface area contributed by atoms with E-state index >= 15 is 0 Å². The molecular formula is C17H23NO3. The van der Waals surface area contributed by atoms with Crippen molar-refractivity contribution in [3.05, 3.63) is 35.9 Å². The van der Waals surface area contributed by atoms with E-state index in [4.69, 9.17) is 5.11 Å². The number of hydrogen-bond acceptors (Lipinski definition) is 2. The number of carbonyl (C=O) groups is 2. The zero-order valence-corrected chi connectivity index (χ0v) is 12.7. The van der Waals surface area contributed by atoms with Crippen LogP contribution in [0.2, 0.25) is 0 Å². The molecule has 1 fully saturated rings. The van der Waals surface area contributed by atoms with Crippen LogP contribution in [0.25, 0.3) is 0 Å². The molecule has 0 heterocycles. The van der Waals surface area contributed by atoms with Crippen LogP contribution in [0, 0.1) is 10.8 Å². The molecule has 114 valence electrons. The van der Waals surface area contributed by atoms with Crippen LogP contribution in [-0.4, -0.2) is 23.5 Å². The van der Waals surface area contributed by atoms with E-state index in [0.717, 1.165) is 31.2 Å². The van der Waals surface area contributed by atoms with Gasteiger partial charge in [0.05, 0.1) is 10.8 Å². The van der Waals surface area contributed by atoms with Crippen molar-refractivity contribution in [2.75, 3.05) is 6.54 Å². The van der Waals surface area contributed by atoms with Crippen molar-refractivity contribution in [1.29, 1.82) is 0 Å². The van der Waals surface area contributed by atoms with Gasteiger partial charge in [-0.05, 0) is 38.7 Å². The normalized spacial score (nSPS) is 16.9. The molecule has 1 amide bonds. The number of carboxylic acids is 1. The maximum absolute atomic E-state index is 12.5. The summed E-state index contributed by atoms with van der Waals surface area (Å²) in [5.41, 5.74) is -0.131. The molecule has 1 aromatic carbocycles. The Kier molecular flexibility index (Phi) is 4.35. The highest BCUT2D eigenvalue weighted by Gasteiger charge is 2.44. The van der Waals surface area contributed by atoms with Gasteiger partial charge < -0.3 is 10.4 Å². The van der Waals surface area contributed by atoms with E-state index in [9.17, 15) is 9.59 Å². The van der Waals surface area contributed by atoms with Crippen molar-refractivity contribution < 1.29 is 14.7 Å². The molecule has 0 unspecified atom stereocenters. The number of aliphatic carboxylic acids is 1. The highest BCUT2D eigenvalue weighted by molar-refractivity contribution is 5.84. The van der Waals surface area contributed by atoms with Gasteiger partial charge in [-0.15, -0.1) is 0 Å². The number of rotatable bonds is 6. The molecule has 0 spiro atoms. The molecule has 1 aliphatic rings. The van der Waals surface area contributed by atoms with Gasteiger partial charge in [0.25, 0.3) is 0 Å². The zero-order chi connectivity index (χ0) is 15.5. The fourth-order valence-electron chi connectivity index (χ4n) is 2.64. The molecule has 1 saturated carbocycles.